The minimum absolute atomic E-state index is 0.0163. The zero-order chi connectivity index (χ0) is 51.0. The Morgan fingerprint density at radius 2 is 0.943 bits per heavy atom. The first-order valence-electron chi connectivity index (χ1n) is 26.6. The van der Waals surface area contributed by atoms with E-state index in [1.165, 1.54) is 25.7 Å². The van der Waals surface area contributed by atoms with Gasteiger partial charge in [-0.2, -0.15) is 8.42 Å². The first-order chi connectivity index (χ1) is 34.1. The Labute approximate surface area is 424 Å². The minimum Gasteiger partial charge on any atom is -0.457 e. The maximum Gasteiger partial charge on any atom is 0.397 e. The van der Waals surface area contributed by atoms with E-state index in [2.05, 4.69) is 127 Å². The van der Waals surface area contributed by atoms with Crippen molar-refractivity contribution in [2.45, 2.75) is 218 Å². The smallest absolute Gasteiger partial charge is 0.397 e. The predicted octanol–water partition coefficient (Wildman–Crippen LogP) is 12.7. The van der Waals surface area contributed by atoms with Gasteiger partial charge in [-0.15, -0.1) is 0 Å². The number of carbonyl (C=O) groups excluding carboxylic acids is 1. The highest BCUT2D eigenvalue weighted by atomic mass is 32.3. The first kappa shape index (κ1) is 64.8. The van der Waals surface area contributed by atoms with E-state index < -0.39 is 59.8 Å². The summed E-state index contributed by atoms with van der Waals surface area (Å²) in [5.74, 6) is -0.419. The molecule has 0 spiro atoms. The number of aliphatic hydroxyl groups excluding tert-OH is 3. The molecule has 0 aliphatic carbocycles. The molecule has 70 heavy (non-hydrogen) atoms. The van der Waals surface area contributed by atoms with Crippen molar-refractivity contribution >= 4 is 16.4 Å². The van der Waals surface area contributed by atoms with Crippen LogP contribution in [-0.4, -0.2) is 97.5 Å². The van der Waals surface area contributed by atoms with Gasteiger partial charge in [-0.25, -0.2) is 4.18 Å². The number of allylic oxidation sites excluding steroid dienone is 18. The fraction of sp³-hybridized carbons (Fsp3) is 0.667. The lowest BCUT2D eigenvalue weighted by Crippen LogP contribution is -2.60. The summed E-state index contributed by atoms with van der Waals surface area (Å²) in [5, 5.41) is 30.8. The first-order valence-corrected chi connectivity index (χ1v) is 28.0. The van der Waals surface area contributed by atoms with Crippen molar-refractivity contribution in [3.63, 3.8) is 0 Å². The Morgan fingerprint density at radius 3 is 1.37 bits per heavy atom. The van der Waals surface area contributed by atoms with E-state index in [1.54, 1.807) is 0 Å². The van der Waals surface area contributed by atoms with Crippen LogP contribution in [0.5, 0.6) is 0 Å². The summed E-state index contributed by atoms with van der Waals surface area (Å²) < 4.78 is 59.3. The minimum atomic E-state index is -5.08. The van der Waals surface area contributed by atoms with E-state index in [0.717, 1.165) is 128 Å². The molecular formula is C57H94O12S. The molecule has 1 fully saturated rings. The van der Waals surface area contributed by atoms with Crippen molar-refractivity contribution in [1.82, 2.24) is 0 Å². The molecule has 0 radical (unpaired) electrons. The summed E-state index contributed by atoms with van der Waals surface area (Å²) in [6.07, 6.45) is 56.8. The van der Waals surface area contributed by atoms with Crippen LogP contribution < -0.4 is 0 Å². The van der Waals surface area contributed by atoms with Gasteiger partial charge in [0.2, 0.25) is 0 Å². The molecule has 0 aromatic heterocycles. The molecule has 6 atom stereocenters. The lowest BCUT2D eigenvalue weighted by atomic mass is 9.99. The molecule has 4 N–H and O–H groups in total. The van der Waals surface area contributed by atoms with Crippen LogP contribution in [0.25, 0.3) is 0 Å². The summed E-state index contributed by atoms with van der Waals surface area (Å²) >= 11 is 0. The molecule has 12 nitrogen and oxygen atoms in total. The summed E-state index contributed by atoms with van der Waals surface area (Å²) in [6, 6.07) is 0. The van der Waals surface area contributed by atoms with Crippen molar-refractivity contribution in [2.75, 3.05) is 26.4 Å². The number of unbranched alkanes of at least 4 members (excludes halogenated alkanes) is 14. The molecule has 1 rings (SSSR count). The molecule has 1 heterocycles. The number of hydrogen-bond acceptors (Lipinski definition) is 11. The summed E-state index contributed by atoms with van der Waals surface area (Å²) in [5.41, 5.74) is 0. The summed E-state index contributed by atoms with van der Waals surface area (Å²) in [7, 11) is -5.08. The third-order valence-corrected chi connectivity index (χ3v) is 11.9. The van der Waals surface area contributed by atoms with E-state index >= 15 is 0 Å². The second-order valence-electron chi connectivity index (χ2n) is 17.7. The van der Waals surface area contributed by atoms with Crippen LogP contribution in [0, 0.1) is 0 Å². The zero-order valence-corrected chi connectivity index (χ0v) is 43.8. The molecule has 1 saturated heterocycles. The van der Waals surface area contributed by atoms with Gasteiger partial charge in [0.25, 0.3) is 0 Å². The Morgan fingerprint density at radius 1 is 0.543 bits per heavy atom. The van der Waals surface area contributed by atoms with Gasteiger partial charge in [-0.05, 0) is 96.3 Å². The molecular weight excluding hydrogens is 909 g/mol. The number of esters is 1. The van der Waals surface area contributed by atoms with Crippen molar-refractivity contribution in [2.24, 2.45) is 0 Å². The summed E-state index contributed by atoms with van der Waals surface area (Å²) in [6.45, 7) is 3.72. The third-order valence-electron chi connectivity index (χ3n) is 11.4. The molecule has 0 amide bonds. The number of ether oxygens (including phenoxy) is 4. The highest BCUT2D eigenvalue weighted by Gasteiger charge is 2.48. The SMILES string of the molecule is CC/C=C\C/C=C\C/C=C\C/C=C\C/C=C\CCCCCCCCCC(=O)OC(COCCCCCCCCC/C=C\C/C=C\C/C=C\C/C=C\CC)COC1OC(CO)C(O)C(OS(=O)(=O)O)C1O. The standard InChI is InChI=1S/C57H94O12S/c1-3-5-7-9-11-13-15-17-19-21-23-25-26-27-28-30-32-34-36-38-40-42-44-46-53(59)67-51(50-66-57-55(61)56(69-70(62,63)64)54(60)52(48-58)68-57)49-65-47-45-43-41-39-37-35-33-31-29-24-22-20-18-16-14-12-10-8-6-4-2/h5-8,11-14,17-20,23-25,27-29,51-52,54-58,60-61H,3-4,9-10,15-16,21-22,26,30-50H2,1-2H3,(H,62,63,64)/b7-5-,8-6-,13-11-,14-12-,19-17-,20-18-,25-23-,28-27-,29-24-. The van der Waals surface area contributed by atoms with Crippen molar-refractivity contribution in [1.29, 1.82) is 0 Å². The van der Waals surface area contributed by atoms with Gasteiger partial charge < -0.3 is 34.3 Å². The molecule has 0 bridgehead atoms. The number of hydrogen-bond donors (Lipinski definition) is 4. The Kier molecular flexibility index (Phi) is 43.3. The molecule has 400 valence electrons. The molecule has 0 aromatic rings. The number of aliphatic hydroxyl groups is 3. The maximum absolute atomic E-state index is 12.9. The second kappa shape index (κ2) is 46.8. The van der Waals surface area contributed by atoms with Crippen LogP contribution in [0.4, 0.5) is 0 Å². The van der Waals surface area contributed by atoms with Gasteiger partial charge in [0.1, 0.15) is 30.5 Å². The average molecular weight is 1000 g/mol. The highest BCUT2D eigenvalue weighted by molar-refractivity contribution is 7.80. The Hall–Kier alpha value is -3.24. The number of carbonyl (C=O) groups is 1. The van der Waals surface area contributed by atoms with Crippen LogP contribution in [-0.2, 0) is 38.3 Å². The van der Waals surface area contributed by atoms with Crippen LogP contribution in [0.2, 0.25) is 0 Å². The van der Waals surface area contributed by atoms with Crippen molar-refractivity contribution in [3.05, 3.63) is 109 Å². The topological polar surface area (TPSA) is 178 Å². The van der Waals surface area contributed by atoms with E-state index in [0.29, 0.717) is 13.0 Å². The van der Waals surface area contributed by atoms with Crippen LogP contribution in [0.15, 0.2) is 109 Å². The van der Waals surface area contributed by atoms with Gasteiger partial charge >= 0.3 is 16.4 Å². The van der Waals surface area contributed by atoms with Gasteiger partial charge in [-0.1, -0.05) is 187 Å². The molecule has 6 unspecified atom stereocenters. The normalized spacial score (nSPS) is 20.0. The monoisotopic (exact) mass is 1000 g/mol. The van der Waals surface area contributed by atoms with E-state index in [9.17, 15) is 33.1 Å². The second-order valence-corrected chi connectivity index (χ2v) is 18.7. The fourth-order valence-electron chi connectivity index (χ4n) is 7.45. The van der Waals surface area contributed by atoms with Gasteiger partial charge in [0, 0.05) is 13.0 Å². The van der Waals surface area contributed by atoms with Crippen LogP contribution >= 0.6 is 0 Å². The highest BCUT2D eigenvalue weighted by Crippen LogP contribution is 2.26. The van der Waals surface area contributed by atoms with E-state index in [1.807, 2.05) is 0 Å². The Balaban J connectivity index is 2.37. The van der Waals surface area contributed by atoms with E-state index in [4.69, 9.17) is 18.9 Å². The fourth-order valence-corrected chi connectivity index (χ4v) is 7.96. The van der Waals surface area contributed by atoms with Crippen molar-refractivity contribution in [3.8, 4) is 0 Å². The quantitative estimate of drug-likeness (QED) is 0.0197. The molecule has 13 heteroatoms. The third kappa shape index (κ3) is 39.4. The van der Waals surface area contributed by atoms with Crippen LogP contribution in [0.1, 0.15) is 181 Å². The lowest BCUT2D eigenvalue weighted by molar-refractivity contribution is -0.301. The maximum atomic E-state index is 12.9. The summed E-state index contributed by atoms with van der Waals surface area (Å²) in [4.78, 5) is 12.9. The molecule has 0 saturated carbocycles. The predicted molar refractivity (Wildman–Crippen MR) is 284 cm³/mol. The van der Waals surface area contributed by atoms with Gasteiger partial charge in [0.15, 0.2) is 6.29 Å². The Bertz CT molecular complexity index is 1630. The van der Waals surface area contributed by atoms with E-state index in [-0.39, 0.29) is 19.6 Å². The molecule has 1 aliphatic heterocycles. The molecule has 0 aromatic carbocycles. The number of rotatable bonds is 45. The zero-order valence-electron chi connectivity index (χ0n) is 43.0. The largest absolute Gasteiger partial charge is 0.457 e. The van der Waals surface area contributed by atoms with Crippen molar-refractivity contribution < 1.29 is 56.2 Å². The molecule has 1 aliphatic rings. The lowest BCUT2D eigenvalue weighted by Gasteiger charge is -2.41. The van der Waals surface area contributed by atoms with Crippen LogP contribution in [0.3, 0.4) is 0 Å². The average Bonchev–Trinajstić information content (AvgIpc) is 3.34. The van der Waals surface area contributed by atoms with Gasteiger partial charge in [-0.3, -0.25) is 9.35 Å². The van der Waals surface area contributed by atoms with Gasteiger partial charge in [0.05, 0.1) is 19.8 Å².